The Hall–Kier alpha value is -2.17. The van der Waals surface area contributed by atoms with Gasteiger partial charge in [0.2, 0.25) is 0 Å². The Morgan fingerprint density at radius 3 is 2.54 bits per heavy atom. The Morgan fingerprint density at radius 1 is 1.21 bits per heavy atom. The summed E-state index contributed by atoms with van der Waals surface area (Å²) in [7, 11) is 1.44. The summed E-state index contributed by atoms with van der Waals surface area (Å²) in [5.41, 5.74) is 2.45. The maximum absolute atomic E-state index is 11.6. The highest BCUT2D eigenvalue weighted by atomic mass is 16.5. The summed E-state index contributed by atoms with van der Waals surface area (Å²) in [5.74, 6) is 0. The van der Waals surface area contributed by atoms with Gasteiger partial charge in [0.1, 0.15) is 0 Å². The van der Waals surface area contributed by atoms with Crippen LogP contribution in [0.3, 0.4) is 0 Å². The summed E-state index contributed by atoms with van der Waals surface area (Å²) in [5, 5.41) is 4.77. The van der Waals surface area contributed by atoms with E-state index in [-0.39, 0.29) is 11.6 Å². The molecule has 24 heavy (non-hydrogen) atoms. The van der Waals surface area contributed by atoms with Crippen LogP contribution in [-0.2, 0) is 4.74 Å². The number of nitrogens with one attached hydrogen (secondary N) is 1. The van der Waals surface area contributed by atoms with Crippen LogP contribution in [0.2, 0.25) is 0 Å². The number of fused-ring (bicyclic) bond motifs is 1. The van der Waals surface area contributed by atoms with Gasteiger partial charge in [-0.25, -0.2) is 4.79 Å². The number of amides is 1. The normalized spacial score (nSPS) is 16.4. The largest absolute Gasteiger partial charge is 0.453 e. The number of carbonyl (C=O) groups is 1. The molecule has 0 aliphatic carbocycles. The number of aromatic nitrogens is 1. The maximum Gasteiger partial charge on any atom is 0.409 e. The number of anilines is 1. The number of methoxy groups -OCH3 is 1. The molecule has 2 heterocycles. The van der Waals surface area contributed by atoms with Gasteiger partial charge in [-0.15, -0.1) is 0 Å². The first-order valence-corrected chi connectivity index (χ1v) is 8.59. The van der Waals surface area contributed by atoms with Gasteiger partial charge >= 0.3 is 6.09 Å². The molecule has 5 heteroatoms. The summed E-state index contributed by atoms with van der Waals surface area (Å²) >= 11 is 0. The van der Waals surface area contributed by atoms with Gasteiger partial charge < -0.3 is 19.5 Å². The van der Waals surface area contributed by atoms with E-state index in [0.717, 1.165) is 31.6 Å². The van der Waals surface area contributed by atoms with E-state index in [1.165, 1.54) is 18.0 Å². The lowest BCUT2D eigenvalue weighted by atomic mass is 10.0. The minimum atomic E-state index is -0.219. The fourth-order valence-corrected chi connectivity index (χ4v) is 3.45. The number of carbonyl (C=O) groups excluding carboxylic acids is 1. The fourth-order valence-electron chi connectivity index (χ4n) is 3.45. The molecule has 1 N–H and O–H groups in total. The van der Waals surface area contributed by atoms with Crippen molar-refractivity contribution >= 4 is 22.7 Å². The zero-order chi connectivity index (χ0) is 17.3. The standard InChI is InChI=1S/C19H27N3O2/c1-19(2,3)20-15-5-6-17-14(13-15)7-12-22(17)16-8-10-21(11-9-16)18(23)24-4/h5-7,12-13,16,20H,8-11H2,1-4H3. The minimum Gasteiger partial charge on any atom is -0.453 e. The first-order chi connectivity index (χ1) is 11.4. The van der Waals surface area contributed by atoms with E-state index in [2.05, 4.69) is 61.1 Å². The minimum absolute atomic E-state index is 0.0525. The number of benzene rings is 1. The molecule has 5 nitrogen and oxygen atoms in total. The molecule has 1 amide bonds. The molecule has 1 aromatic heterocycles. The van der Waals surface area contributed by atoms with Crippen LogP contribution < -0.4 is 5.32 Å². The van der Waals surface area contributed by atoms with Crippen LogP contribution in [0.15, 0.2) is 30.5 Å². The average molecular weight is 329 g/mol. The van der Waals surface area contributed by atoms with Crippen molar-refractivity contribution in [3.05, 3.63) is 30.5 Å². The highest BCUT2D eigenvalue weighted by Crippen LogP contribution is 2.30. The van der Waals surface area contributed by atoms with Gasteiger partial charge in [0.15, 0.2) is 0 Å². The van der Waals surface area contributed by atoms with Crippen molar-refractivity contribution in [3.63, 3.8) is 0 Å². The van der Waals surface area contributed by atoms with Crippen molar-refractivity contribution in [2.45, 2.75) is 45.2 Å². The quantitative estimate of drug-likeness (QED) is 0.895. The van der Waals surface area contributed by atoms with Crippen molar-refractivity contribution in [2.24, 2.45) is 0 Å². The summed E-state index contributed by atoms with van der Waals surface area (Å²) < 4.78 is 7.16. The molecule has 0 radical (unpaired) electrons. The molecule has 0 saturated carbocycles. The Balaban J connectivity index is 1.76. The molecule has 1 aromatic carbocycles. The topological polar surface area (TPSA) is 46.5 Å². The predicted octanol–water partition coefficient (Wildman–Crippen LogP) is 4.26. The Kier molecular flexibility index (Phi) is 4.43. The monoisotopic (exact) mass is 329 g/mol. The number of hydrogen-bond donors (Lipinski definition) is 1. The summed E-state index contributed by atoms with van der Waals surface area (Å²) in [6.07, 6.45) is 3.87. The highest BCUT2D eigenvalue weighted by Gasteiger charge is 2.24. The molecule has 130 valence electrons. The number of likely N-dealkylation sites (tertiary alicyclic amines) is 1. The Bertz CT molecular complexity index is 722. The Labute approximate surface area is 143 Å². The van der Waals surface area contributed by atoms with Gasteiger partial charge in [-0.2, -0.15) is 0 Å². The third-order valence-electron chi connectivity index (χ3n) is 4.53. The molecule has 0 spiro atoms. The fraction of sp³-hybridized carbons (Fsp3) is 0.526. The van der Waals surface area contributed by atoms with Gasteiger partial charge in [-0.3, -0.25) is 0 Å². The van der Waals surface area contributed by atoms with Gasteiger partial charge in [-0.1, -0.05) is 0 Å². The van der Waals surface area contributed by atoms with E-state index in [1.807, 2.05) is 0 Å². The lowest BCUT2D eigenvalue weighted by Gasteiger charge is -2.32. The molecular formula is C19H27N3O2. The molecule has 0 bridgehead atoms. The first-order valence-electron chi connectivity index (χ1n) is 8.59. The lowest BCUT2D eigenvalue weighted by molar-refractivity contribution is 0.107. The third-order valence-corrected chi connectivity index (χ3v) is 4.53. The van der Waals surface area contributed by atoms with Crippen LogP contribution >= 0.6 is 0 Å². The number of rotatable bonds is 2. The van der Waals surface area contributed by atoms with Gasteiger partial charge in [0.25, 0.3) is 0 Å². The van der Waals surface area contributed by atoms with Crippen molar-refractivity contribution in [2.75, 3.05) is 25.5 Å². The second-order valence-corrected chi connectivity index (χ2v) is 7.56. The molecule has 0 unspecified atom stereocenters. The summed E-state index contributed by atoms with van der Waals surface area (Å²) in [4.78, 5) is 13.4. The van der Waals surface area contributed by atoms with E-state index >= 15 is 0 Å². The van der Waals surface area contributed by atoms with Crippen molar-refractivity contribution in [3.8, 4) is 0 Å². The van der Waals surface area contributed by atoms with E-state index in [9.17, 15) is 4.79 Å². The van der Waals surface area contributed by atoms with Crippen molar-refractivity contribution < 1.29 is 9.53 Å². The van der Waals surface area contributed by atoms with E-state index in [4.69, 9.17) is 4.74 Å². The van der Waals surface area contributed by atoms with Gasteiger partial charge in [0.05, 0.1) is 7.11 Å². The summed E-state index contributed by atoms with van der Waals surface area (Å²) in [6.45, 7) is 7.99. The van der Waals surface area contributed by atoms with Gasteiger partial charge in [0, 0.05) is 47.5 Å². The van der Waals surface area contributed by atoms with Crippen LogP contribution in [-0.4, -0.2) is 41.3 Å². The zero-order valence-corrected chi connectivity index (χ0v) is 15.0. The van der Waals surface area contributed by atoms with Crippen LogP contribution in [0.5, 0.6) is 0 Å². The van der Waals surface area contributed by atoms with Crippen LogP contribution in [0.25, 0.3) is 10.9 Å². The van der Waals surface area contributed by atoms with Crippen molar-refractivity contribution in [1.29, 1.82) is 0 Å². The molecule has 2 aromatic rings. The maximum atomic E-state index is 11.6. The number of ether oxygens (including phenoxy) is 1. The Morgan fingerprint density at radius 2 is 1.92 bits per heavy atom. The third kappa shape index (κ3) is 3.50. The van der Waals surface area contributed by atoms with Crippen LogP contribution in [0, 0.1) is 0 Å². The van der Waals surface area contributed by atoms with Crippen LogP contribution in [0.1, 0.15) is 39.7 Å². The molecule has 1 aliphatic heterocycles. The molecule has 1 fully saturated rings. The summed E-state index contributed by atoms with van der Waals surface area (Å²) in [6, 6.07) is 9.16. The smallest absolute Gasteiger partial charge is 0.409 e. The van der Waals surface area contributed by atoms with Gasteiger partial charge in [-0.05, 0) is 57.9 Å². The second kappa shape index (κ2) is 6.38. The van der Waals surface area contributed by atoms with Crippen LogP contribution in [0.4, 0.5) is 10.5 Å². The predicted molar refractivity (Wildman–Crippen MR) is 97.6 cm³/mol. The number of nitrogens with zero attached hydrogens (tertiary/aromatic N) is 2. The second-order valence-electron chi connectivity index (χ2n) is 7.56. The van der Waals surface area contributed by atoms with E-state index < -0.39 is 0 Å². The molecular weight excluding hydrogens is 302 g/mol. The first kappa shape index (κ1) is 16.7. The molecule has 3 rings (SSSR count). The lowest BCUT2D eigenvalue weighted by Crippen LogP contribution is -2.38. The highest BCUT2D eigenvalue weighted by molar-refractivity contribution is 5.84. The molecule has 1 saturated heterocycles. The zero-order valence-electron chi connectivity index (χ0n) is 15.0. The van der Waals surface area contributed by atoms with E-state index in [0.29, 0.717) is 6.04 Å². The molecule has 1 aliphatic rings. The average Bonchev–Trinajstić information content (AvgIpc) is 2.96. The van der Waals surface area contributed by atoms with E-state index in [1.54, 1.807) is 4.90 Å². The number of hydrogen-bond acceptors (Lipinski definition) is 3. The number of piperidine rings is 1. The van der Waals surface area contributed by atoms with Crippen molar-refractivity contribution in [1.82, 2.24) is 9.47 Å². The SMILES string of the molecule is COC(=O)N1CCC(n2ccc3cc(NC(C)(C)C)ccc32)CC1. The molecule has 0 atom stereocenters.